The zero-order valence-corrected chi connectivity index (χ0v) is 16.3. The molecule has 3 aromatic rings. The second-order valence-corrected chi connectivity index (χ2v) is 6.66. The molecule has 0 aliphatic carbocycles. The first-order chi connectivity index (χ1) is 13.6. The monoisotopic (exact) mass is 376 g/mol. The summed E-state index contributed by atoms with van der Waals surface area (Å²) in [5.74, 6) is 1.08. The predicted molar refractivity (Wildman–Crippen MR) is 111 cm³/mol. The van der Waals surface area contributed by atoms with Gasteiger partial charge in [-0.1, -0.05) is 30.3 Å². The van der Waals surface area contributed by atoms with Crippen LogP contribution < -0.4 is 15.0 Å². The molecule has 28 heavy (non-hydrogen) atoms. The molecule has 0 fully saturated rings. The molecule has 0 aliphatic rings. The van der Waals surface area contributed by atoms with Crippen molar-refractivity contribution in [3.63, 3.8) is 0 Å². The molecule has 1 amide bonds. The molecule has 1 aromatic heterocycles. The van der Waals surface area contributed by atoms with E-state index in [1.165, 1.54) is 5.56 Å². The van der Waals surface area contributed by atoms with Gasteiger partial charge in [-0.05, 0) is 43.7 Å². The average Bonchev–Trinajstić information content (AvgIpc) is 2.73. The number of anilines is 2. The highest BCUT2D eigenvalue weighted by Gasteiger charge is 2.15. The smallest absolute Gasteiger partial charge is 0.258 e. The quantitative estimate of drug-likeness (QED) is 0.671. The minimum atomic E-state index is -0.254. The standard InChI is InChI=1S/C22H24N4O2/c1-16(2)26(15-17-7-5-4-6-8-17)22-23-13-18(14-24-22)21(27)25-19-9-11-20(28-3)12-10-19/h4-14,16H,15H2,1-3H3,(H,25,27). The Balaban J connectivity index is 1.70. The summed E-state index contributed by atoms with van der Waals surface area (Å²) in [5, 5.41) is 2.83. The van der Waals surface area contributed by atoms with E-state index in [9.17, 15) is 4.79 Å². The fourth-order valence-corrected chi connectivity index (χ4v) is 2.73. The van der Waals surface area contributed by atoms with Crippen LogP contribution in [0, 0.1) is 0 Å². The van der Waals surface area contributed by atoms with Crippen LogP contribution in [0.4, 0.5) is 11.6 Å². The Morgan fingerprint density at radius 3 is 2.25 bits per heavy atom. The number of methoxy groups -OCH3 is 1. The number of hydrogen-bond donors (Lipinski definition) is 1. The van der Waals surface area contributed by atoms with E-state index in [1.54, 1.807) is 43.8 Å². The lowest BCUT2D eigenvalue weighted by Gasteiger charge is -2.26. The average molecular weight is 376 g/mol. The maximum absolute atomic E-state index is 12.4. The van der Waals surface area contributed by atoms with E-state index < -0.39 is 0 Å². The van der Waals surface area contributed by atoms with E-state index >= 15 is 0 Å². The van der Waals surface area contributed by atoms with Crippen LogP contribution in [-0.2, 0) is 6.54 Å². The molecule has 0 radical (unpaired) electrons. The van der Waals surface area contributed by atoms with Gasteiger partial charge in [0.1, 0.15) is 5.75 Å². The Morgan fingerprint density at radius 2 is 1.68 bits per heavy atom. The van der Waals surface area contributed by atoms with Crippen molar-refractivity contribution in [1.82, 2.24) is 9.97 Å². The second kappa shape index (κ2) is 8.99. The van der Waals surface area contributed by atoms with Crippen LogP contribution in [0.1, 0.15) is 29.8 Å². The Morgan fingerprint density at radius 1 is 1.04 bits per heavy atom. The number of carbonyl (C=O) groups is 1. The van der Waals surface area contributed by atoms with Crippen molar-refractivity contribution in [2.45, 2.75) is 26.4 Å². The molecular weight excluding hydrogens is 352 g/mol. The minimum Gasteiger partial charge on any atom is -0.497 e. The number of aromatic nitrogens is 2. The Bertz CT molecular complexity index is 894. The zero-order chi connectivity index (χ0) is 19.9. The van der Waals surface area contributed by atoms with Crippen molar-refractivity contribution < 1.29 is 9.53 Å². The molecule has 0 bridgehead atoms. The van der Waals surface area contributed by atoms with E-state index in [2.05, 4.69) is 46.2 Å². The lowest BCUT2D eigenvalue weighted by molar-refractivity contribution is 0.102. The van der Waals surface area contributed by atoms with Crippen LogP contribution in [0.5, 0.6) is 5.75 Å². The SMILES string of the molecule is COc1ccc(NC(=O)c2cnc(N(Cc3ccccc3)C(C)C)nc2)cc1. The lowest BCUT2D eigenvalue weighted by Crippen LogP contribution is -2.31. The van der Waals surface area contributed by atoms with Gasteiger partial charge in [-0.2, -0.15) is 0 Å². The van der Waals surface area contributed by atoms with Crippen LogP contribution in [-0.4, -0.2) is 29.0 Å². The molecule has 0 unspecified atom stereocenters. The summed E-state index contributed by atoms with van der Waals surface area (Å²) in [7, 11) is 1.60. The normalized spacial score (nSPS) is 10.6. The maximum Gasteiger partial charge on any atom is 0.258 e. The molecule has 0 saturated carbocycles. The van der Waals surface area contributed by atoms with Gasteiger partial charge < -0.3 is 15.0 Å². The lowest BCUT2D eigenvalue weighted by atomic mass is 10.2. The van der Waals surface area contributed by atoms with Gasteiger partial charge in [0, 0.05) is 30.7 Å². The van der Waals surface area contributed by atoms with Crippen molar-refractivity contribution in [3.8, 4) is 5.75 Å². The molecule has 1 N–H and O–H groups in total. The number of carbonyl (C=O) groups excluding carboxylic acids is 1. The van der Waals surface area contributed by atoms with Crippen molar-refractivity contribution in [2.75, 3.05) is 17.3 Å². The first kappa shape index (κ1) is 19.4. The summed E-state index contributed by atoms with van der Waals surface area (Å²) in [6, 6.07) is 17.5. The minimum absolute atomic E-state index is 0.221. The van der Waals surface area contributed by atoms with Crippen LogP contribution in [0.3, 0.4) is 0 Å². The Kier molecular flexibility index (Phi) is 6.22. The summed E-state index contributed by atoms with van der Waals surface area (Å²) in [5.41, 5.74) is 2.27. The highest BCUT2D eigenvalue weighted by atomic mass is 16.5. The van der Waals surface area contributed by atoms with Gasteiger partial charge in [0.25, 0.3) is 5.91 Å². The Hall–Kier alpha value is -3.41. The Labute approximate surface area is 165 Å². The predicted octanol–water partition coefficient (Wildman–Crippen LogP) is 4.15. The largest absolute Gasteiger partial charge is 0.497 e. The van der Waals surface area contributed by atoms with Gasteiger partial charge in [-0.25, -0.2) is 9.97 Å². The fraction of sp³-hybridized carbons (Fsp3) is 0.227. The number of nitrogens with one attached hydrogen (secondary N) is 1. The van der Waals surface area contributed by atoms with Crippen molar-refractivity contribution in [2.24, 2.45) is 0 Å². The summed E-state index contributed by atoms with van der Waals surface area (Å²) in [6.45, 7) is 4.89. The first-order valence-electron chi connectivity index (χ1n) is 9.15. The van der Waals surface area contributed by atoms with Crippen LogP contribution in [0.2, 0.25) is 0 Å². The molecular formula is C22H24N4O2. The molecule has 144 valence electrons. The number of benzene rings is 2. The number of nitrogens with zero attached hydrogens (tertiary/aromatic N) is 3. The van der Waals surface area contributed by atoms with Crippen LogP contribution in [0.25, 0.3) is 0 Å². The third kappa shape index (κ3) is 4.85. The number of amides is 1. The van der Waals surface area contributed by atoms with E-state index in [1.807, 2.05) is 18.2 Å². The molecule has 3 rings (SSSR count). The van der Waals surface area contributed by atoms with Crippen molar-refractivity contribution >= 4 is 17.5 Å². The van der Waals surface area contributed by atoms with Crippen molar-refractivity contribution in [1.29, 1.82) is 0 Å². The van der Waals surface area contributed by atoms with Crippen LogP contribution in [0.15, 0.2) is 67.0 Å². The summed E-state index contributed by atoms with van der Waals surface area (Å²) in [6.07, 6.45) is 3.11. The van der Waals surface area contributed by atoms with E-state index in [4.69, 9.17) is 4.74 Å². The number of rotatable bonds is 7. The third-order valence-corrected chi connectivity index (χ3v) is 4.32. The molecule has 0 saturated heterocycles. The first-order valence-corrected chi connectivity index (χ1v) is 9.15. The summed E-state index contributed by atoms with van der Waals surface area (Å²) >= 11 is 0. The van der Waals surface area contributed by atoms with Gasteiger partial charge >= 0.3 is 0 Å². The number of hydrogen-bond acceptors (Lipinski definition) is 5. The fourth-order valence-electron chi connectivity index (χ4n) is 2.73. The van der Waals surface area contributed by atoms with E-state index in [0.717, 1.165) is 5.75 Å². The highest BCUT2D eigenvalue weighted by Crippen LogP contribution is 2.18. The third-order valence-electron chi connectivity index (χ3n) is 4.32. The topological polar surface area (TPSA) is 67.3 Å². The molecule has 0 spiro atoms. The van der Waals surface area contributed by atoms with Crippen LogP contribution >= 0.6 is 0 Å². The molecule has 6 nitrogen and oxygen atoms in total. The second-order valence-electron chi connectivity index (χ2n) is 6.66. The summed E-state index contributed by atoms with van der Waals surface area (Å²) < 4.78 is 5.12. The molecule has 6 heteroatoms. The molecule has 0 atom stereocenters. The highest BCUT2D eigenvalue weighted by molar-refractivity contribution is 6.03. The van der Waals surface area contributed by atoms with Gasteiger partial charge in [-0.15, -0.1) is 0 Å². The molecule has 2 aromatic carbocycles. The van der Waals surface area contributed by atoms with E-state index in [-0.39, 0.29) is 11.9 Å². The van der Waals surface area contributed by atoms with Gasteiger partial charge in [-0.3, -0.25) is 4.79 Å². The number of ether oxygens (including phenoxy) is 1. The van der Waals surface area contributed by atoms with Crippen molar-refractivity contribution in [3.05, 3.63) is 78.1 Å². The molecule has 1 heterocycles. The zero-order valence-electron chi connectivity index (χ0n) is 16.3. The summed E-state index contributed by atoms with van der Waals surface area (Å²) in [4.78, 5) is 23.4. The van der Waals surface area contributed by atoms with Gasteiger partial charge in [0.05, 0.1) is 12.7 Å². The maximum atomic E-state index is 12.4. The molecule has 0 aliphatic heterocycles. The van der Waals surface area contributed by atoms with Gasteiger partial charge in [0.2, 0.25) is 5.95 Å². The van der Waals surface area contributed by atoms with E-state index in [0.29, 0.717) is 23.7 Å². The van der Waals surface area contributed by atoms with Gasteiger partial charge in [0.15, 0.2) is 0 Å².